The molecule has 0 saturated heterocycles. The Kier molecular flexibility index (Phi) is 4.68. The molecule has 0 aliphatic carbocycles. The SMILES string of the molecule is O=C(Nc1cccc(-c2nc3ncccc3o2)c1)c1ccc(-c2cccc([N+](=O)[O-])c2)o1. The smallest absolute Gasteiger partial charge is 0.291 e. The summed E-state index contributed by atoms with van der Waals surface area (Å²) in [6.45, 7) is 0. The van der Waals surface area contributed by atoms with E-state index < -0.39 is 10.8 Å². The van der Waals surface area contributed by atoms with Crippen LogP contribution < -0.4 is 5.32 Å². The van der Waals surface area contributed by atoms with Gasteiger partial charge in [-0.1, -0.05) is 18.2 Å². The average molecular weight is 426 g/mol. The van der Waals surface area contributed by atoms with Crippen molar-refractivity contribution in [2.24, 2.45) is 0 Å². The van der Waals surface area contributed by atoms with Crippen molar-refractivity contribution in [1.29, 1.82) is 0 Å². The Hall–Kier alpha value is -4.79. The summed E-state index contributed by atoms with van der Waals surface area (Å²) in [5.41, 5.74) is 2.72. The average Bonchev–Trinajstić information content (AvgIpc) is 3.47. The Morgan fingerprint density at radius 2 is 1.78 bits per heavy atom. The topological polar surface area (TPSA) is 124 Å². The van der Waals surface area contributed by atoms with Crippen LogP contribution in [-0.2, 0) is 0 Å². The van der Waals surface area contributed by atoms with Gasteiger partial charge in [0.2, 0.25) is 5.89 Å². The first-order valence-electron chi connectivity index (χ1n) is 9.55. The highest BCUT2D eigenvalue weighted by Crippen LogP contribution is 2.28. The number of pyridine rings is 1. The van der Waals surface area contributed by atoms with Crippen LogP contribution in [0.15, 0.2) is 87.8 Å². The molecule has 0 atom stereocenters. The molecule has 0 aliphatic rings. The molecule has 5 rings (SSSR count). The first kappa shape index (κ1) is 19.2. The lowest BCUT2D eigenvalue weighted by molar-refractivity contribution is -0.384. The summed E-state index contributed by atoms with van der Waals surface area (Å²) in [6, 6.07) is 19.7. The third-order valence-corrected chi connectivity index (χ3v) is 4.70. The molecule has 2 aromatic carbocycles. The number of hydrogen-bond acceptors (Lipinski definition) is 7. The molecule has 1 amide bonds. The van der Waals surface area contributed by atoms with Crippen molar-refractivity contribution in [2.45, 2.75) is 0 Å². The van der Waals surface area contributed by atoms with E-state index in [0.29, 0.717) is 39.7 Å². The number of non-ortho nitro benzene ring substituents is 1. The molecule has 5 aromatic rings. The van der Waals surface area contributed by atoms with Crippen molar-refractivity contribution in [3.63, 3.8) is 0 Å². The Morgan fingerprint density at radius 1 is 0.938 bits per heavy atom. The molecule has 156 valence electrons. The van der Waals surface area contributed by atoms with E-state index in [0.717, 1.165) is 0 Å². The minimum Gasteiger partial charge on any atom is -0.451 e. The van der Waals surface area contributed by atoms with Gasteiger partial charge in [0.15, 0.2) is 17.0 Å². The molecule has 0 aliphatic heterocycles. The van der Waals surface area contributed by atoms with Crippen molar-refractivity contribution in [3.05, 3.63) is 94.9 Å². The van der Waals surface area contributed by atoms with Crippen molar-refractivity contribution < 1.29 is 18.6 Å². The fourth-order valence-corrected chi connectivity index (χ4v) is 3.20. The van der Waals surface area contributed by atoms with Gasteiger partial charge in [-0.2, -0.15) is 4.98 Å². The number of nitro groups is 1. The number of nitrogens with one attached hydrogen (secondary N) is 1. The third kappa shape index (κ3) is 3.70. The molecule has 1 N–H and O–H groups in total. The van der Waals surface area contributed by atoms with Crippen LogP contribution in [0.4, 0.5) is 11.4 Å². The number of nitrogens with zero attached hydrogens (tertiary/aromatic N) is 3. The highest BCUT2D eigenvalue weighted by atomic mass is 16.6. The lowest BCUT2D eigenvalue weighted by atomic mass is 10.1. The fourth-order valence-electron chi connectivity index (χ4n) is 3.20. The Morgan fingerprint density at radius 3 is 2.62 bits per heavy atom. The van der Waals surface area contributed by atoms with E-state index in [-0.39, 0.29) is 11.4 Å². The van der Waals surface area contributed by atoms with Crippen LogP contribution in [0, 0.1) is 10.1 Å². The first-order valence-corrected chi connectivity index (χ1v) is 9.55. The van der Waals surface area contributed by atoms with Crippen LogP contribution in [0.1, 0.15) is 10.6 Å². The van der Waals surface area contributed by atoms with Gasteiger partial charge in [-0.25, -0.2) is 4.98 Å². The van der Waals surface area contributed by atoms with E-state index in [1.165, 1.54) is 18.2 Å². The van der Waals surface area contributed by atoms with Gasteiger partial charge in [-0.15, -0.1) is 0 Å². The number of carbonyl (C=O) groups excluding carboxylic acids is 1. The lowest BCUT2D eigenvalue weighted by Gasteiger charge is -2.04. The summed E-state index contributed by atoms with van der Waals surface area (Å²) in [4.78, 5) is 31.7. The summed E-state index contributed by atoms with van der Waals surface area (Å²) in [5.74, 6) is 0.355. The molecule has 0 unspecified atom stereocenters. The van der Waals surface area contributed by atoms with Crippen LogP contribution in [0.3, 0.4) is 0 Å². The molecule has 0 radical (unpaired) electrons. The van der Waals surface area contributed by atoms with Gasteiger partial charge in [-0.3, -0.25) is 14.9 Å². The number of nitro benzene ring substituents is 1. The molecule has 9 nitrogen and oxygen atoms in total. The summed E-state index contributed by atoms with van der Waals surface area (Å²) >= 11 is 0. The number of hydrogen-bond donors (Lipinski definition) is 1. The number of anilines is 1. The zero-order valence-corrected chi connectivity index (χ0v) is 16.4. The normalized spacial score (nSPS) is 10.9. The van der Waals surface area contributed by atoms with E-state index in [4.69, 9.17) is 8.83 Å². The Balaban J connectivity index is 1.36. The number of amides is 1. The maximum Gasteiger partial charge on any atom is 0.291 e. The molecule has 0 bridgehead atoms. The number of aromatic nitrogens is 2. The molecule has 0 spiro atoms. The van der Waals surface area contributed by atoms with Crippen LogP contribution >= 0.6 is 0 Å². The van der Waals surface area contributed by atoms with Gasteiger partial charge in [0.25, 0.3) is 11.6 Å². The first-order chi connectivity index (χ1) is 15.6. The van der Waals surface area contributed by atoms with Gasteiger partial charge >= 0.3 is 0 Å². The maximum absolute atomic E-state index is 12.7. The summed E-state index contributed by atoms with van der Waals surface area (Å²) in [7, 11) is 0. The highest BCUT2D eigenvalue weighted by Gasteiger charge is 2.15. The molecule has 32 heavy (non-hydrogen) atoms. The summed E-state index contributed by atoms with van der Waals surface area (Å²) in [5, 5.41) is 13.7. The van der Waals surface area contributed by atoms with Crippen LogP contribution in [-0.4, -0.2) is 20.8 Å². The lowest BCUT2D eigenvalue weighted by Crippen LogP contribution is -2.10. The van der Waals surface area contributed by atoms with Gasteiger partial charge in [-0.05, 0) is 42.5 Å². The van der Waals surface area contributed by atoms with Gasteiger partial charge in [0.1, 0.15) is 5.76 Å². The van der Waals surface area contributed by atoms with E-state index in [1.54, 1.807) is 54.7 Å². The van der Waals surface area contributed by atoms with E-state index in [9.17, 15) is 14.9 Å². The minimum absolute atomic E-state index is 0.0592. The van der Waals surface area contributed by atoms with Gasteiger partial charge in [0, 0.05) is 35.1 Å². The third-order valence-electron chi connectivity index (χ3n) is 4.70. The van der Waals surface area contributed by atoms with Crippen LogP contribution in [0.5, 0.6) is 0 Å². The second-order valence-corrected chi connectivity index (χ2v) is 6.85. The zero-order chi connectivity index (χ0) is 22.1. The fraction of sp³-hybridized carbons (Fsp3) is 0. The van der Waals surface area contributed by atoms with E-state index in [1.807, 2.05) is 6.07 Å². The van der Waals surface area contributed by atoms with Crippen molar-refractivity contribution in [3.8, 4) is 22.8 Å². The predicted octanol–water partition coefficient (Wildman–Crippen LogP) is 5.31. The summed E-state index contributed by atoms with van der Waals surface area (Å²) < 4.78 is 11.3. The van der Waals surface area contributed by atoms with Gasteiger partial charge < -0.3 is 14.2 Å². The molecule has 0 fully saturated rings. The quantitative estimate of drug-likeness (QED) is 0.298. The largest absolute Gasteiger partial charge is 0.451 e. The zero-order valence-electron chi connectivity index (χ0n) is 16.4. The number of benzene rings is 2. The molecule has 9 heteroatoms. The number of carbonyl (C=O) groups is 1. The summed E-state index contributed by atoms with van der Waals surface area (Å²) in [6.07, 6.45) is 1.64. The predicted molar refractivity (Wildman–Crippen MR) is 116 cm³/mol. The molecule has 3 aromatic heterocycles. The number of oxazole rings is 1. The van der Waals surface area contributed by atoms with Crippen LogP contribution in [0.2, 0.25) is 0 Å². The molecule has 0 saturated carbocycles. The van der Waals surface area contributed by atoms with E-state index >= 15 is 0 Å². The molecular formula is C23H14N4O5. The minimum atomic E-state index is -0.486. The maximum atomic E-state index is 12.7. The number of rotatable bonds is 5. The number of fused-ring (bicyclic) bond motifs is 1. The number of furan rings is 1. The van der Waals surface area contributed by atoms with Crippen molar-refractivity contribution >= 4 is 28.5 Å². The van der Waals surface area contributed by atoms with Crippen molar-refractivity contribution in [1.82, 2.24) is 9.97 Å². The molecular weight excluding hydrogens is 412 g/mol. The van der Waals surface area contributed by atoms with Crippen LogP contribution in [0.25, 0.3) is 34.0 Å². The second-order valence-electron chi connectivity index (χ2n) is 6.85. The van der Waals surface area contributed by atoms with Gasteiger partial charge in [0.05, 0.1) is 4.92 Å². The Bertz CT molecular complexity index is 1440. The monoisotopic (exact) mass is 426 g/mol. The molecule has 3 heterocycles. The Labute approximate surface area is 180 Å². The van der Waals surface area contributed by atoms with E-state index in [2.05, 4.69) is 15.3 Å². The van der Waals surface area contributed by atoms with Crippen molar-refractivity contribution in [2.75, 3.05) is 5.32 Å². The second kappa shape index (κ2) is 7.80. The highest BCUT2D eigenvalue weighted by molar-refractivity contribution is 6.02. The standard InChI is InChI=1S/C23H14N4O5/c28-22(20-10-9-18(31-20)14-4-2-7-17(13-14)27(29)30)25-16-6-1-5-15(12-16)23-26-21-19(32-23)8-3-11-24-21/h1-13H,(H,25,28).